The van der Waals surface area contributed by atoms with Gasteiger partial charge in [0, 0.05) is 18.9 Å². The number of amides is 1. The summed E-state index contributed by atoms with van der Waals surface area (Å²) in [6.07, 6.45) is 3.46. The number of furan rings is 1. The number of fused-ring (bicyclic) bond motifs is 5. The second-order valence-corrected chi connectivity index (χ2v) is 7.54. The van der Waals surface area contributed by atoms with Gasteiger partial charge in [-0.25, -0.2) is 4.79 Å². The molecule has 0 saturated carbocycles. The van der Waals surface area contributed by atoms with E-state index in [0.717, 1.165) is 23.8 Å². The van der Waals surface area contributed by atoms with Gasteiger partial charge in [0.25, 0.3) is 0 Å². The molecule has 0 bridgehead atoms. The van der Waals surface area contributed by atoms with Gasteiger partial charge >= 0.3 is 5.97 Å². The zero-order valence-electron chi connectivity index (χ0n) is 17.6. The Morgan fingerprint density at radius 1 is 0.938 bits per heavy atom. The molecule has 7 heteroatoms. The molecule has 3 aromatic carbocycles. The number of carbonyl (C=O) groups is 2. The summed E-state index contributed by atoms with van der Waals surface area (Å²) < 4.78 is 4.50. The Morgan fingerprint density at radius 2 is 1.62 bits per heavy atom. The lowest BCUT2D eigenvalue weighted by molar-refractivity contribution is -0.179. The smallest absolute Gasteiger partial charge is 0.371 e. The lowest BCUT2D eigenvalue weighted by Gasteiger charge is -2.30. The lowest BCUT2D eigenvalue weighted by atomic mass is 9.83. The Bertz CT molecular complexity index is 1240. The molecular weight excluding hydrogens is 410 g/mol. The molecule has 0 unspecified atom stereocenters. The third kappa shape index (κ3) is 5.14. The average molecular weight is 435 g/mol. The fourth-order valence-electron chi connectivity index (χ4n) is 3.84. The fraction of sp³-hybridized carbons (Fsp3) is 0.200. The fourth-order valence-corrected chi connectivity index (χ4v) is 3.84. The number of carboxylic acids is 1. The summed E-state index contributed by atoms with van der Waals surface area (Å²) in [6, 6.07) is 19.4. The summed E-state index contributed by atoms with van der Waals surface area (Å²) in [5.41, 5.74) is 6.23. The van der Waals surface area contributed by atoms with Crippen molar-refractivity contribution in [2.24, 2.45) is 5.73 Å². The number of aliphatic hydroxyl groups is 2. The molecule has 0 spiro atoms. The zero-order chi connectivity index (χ0) is 23.3. The van der Waals surface area contributed by atoms with Crippen molar-refractivity contribution in [3.05, 3.63) is 83.8 Å². The highest BCUT2D eigenvalue weighted by Gasteiger charge is 2.32. The van der Waals surface area contributed by atoms with E-state index in [1.165, 1.54) is 41.5 Å². The molecule has 1 amide bonds. The molecular formula is C25H25NO6. The van der Waals surface area contributed by atoms with Crippen molar-refractivity contribution in [1.82, 2.24) is 0 Å². The predicted molar refractivity (Wildman–Crippen MR) is 121 cm³/mol. The Labute approximate surface area is 184 Å². The highest BCUT2D eigenvalue weighted by atomic mass is 16.5. The molecule has 7 nitrogen and oxygen atoms in total. The van der Waals surface area contributed by atoms with Crippen LogP contribution in [0.3, 0.4) is 0 Å². The standard InChI is InChI=1S/C18H16O2.C5H4O3.C2H5NO/c19-18(20)11-3-6-16-15-8-7-12-4-1-2-5-13(12)14(15)9-10-17(16)18;6-5(7)4-2-1-3-8-4;1-2(3)4/h1-2,4-5,7-10,19-20H,3,6,11H2;1-3H,(H,6,7);1H3,(H2,3,4). The predicted octanol–water partition coefficient (Wildman–Crippen LogP) is 3.94. The molecule has 1 aromatic heterocycles. The van der Waals surface area contributed by atoms with E-state index in [-0.39, 0.29) is 11.7 Å². The molecule has 4 aromatic rings. The molecule has 5 N–H and O–H groups in total. The first-order chi connectivity index (χ1) is 15.2. The van der Waals surface area contributed by atoms with Crippen molar-refractivity contribution < 1.29 is 29.3 Å². The van der Waals surface area contributed by atoms with Gasteiger partial charge in [-0.05, 0) is 52.1 Å². The second kappa shape index (κ2) is 9.64. The van der Waals surface area contributed by atoms with Crippen LogP contribution in [0, 0.1) is 0 Å². The van der Waals surface area contributed by atoms with Gasteiger partial charge < -0.3 is 25.5 Å². The van der Waals surface area contributed by atoms with Crippen LogP contribution in [0.25, 0.3) is 21.5 Å². The number of hydrogen-bond acceptors (Lipinski definition) is 5. The Kier molecular flexibility index (Phi) is 6.92. The van der Waals surface area contributed by atoms with E-state index in [2.05, 4.69) is 34.4 Å². The first-order valence-electron chi connectivity index (χ1n) is 10.1. The highest BCUT2D eigenvalue weighted by Crippen LogP contribution is 2.38. The van der Waals surface area contributed by atoms with Crippen molar-refractivity contribution in [2.45, 2.75) is 32.0 Å². The summed E-state index contributed by atoms with van der Waals surface area (Å²) in [5.74, 6) is -3.06. The molecule has 0 atom stereocenters. The van der Waals surface area contributed by atoms with Crippen molar-refractivity contribution in [3.8, 4) is 0 Å². The summed E-state index contributed by atoms with van der Waals surface area (Å²) in [6.45, 7) is 1.31. The van der Waals surface area contributed by atoms with E-state index in [9.17, 15) is 19.8 Å². The summed E-state index contributed by atoms with van der Waals surface area (Å²) >= 11 is 0. The maximum Gasteiger partial charge on any atom is 0.371 e. The molecule has 0 saturated heterocycles. The van der Waals surface area contributed by atoms with E-state index in [1.54, 1.807) is 0 Å². The molecule has 5 rings (SSSR count). The van der Waals surface area contributed by atoms with Crippen LogP contribution in [-0.2, 0) is 17.0 Å². The first-order valence-corrected chi connectivity index (χ1v) is 10.1. The van der Waals surface area contributed by atoms with Crippen molar-refractivity contribution in [3.63, 3.8) is 0 Å². The molecule has 1 aliphatic rings. The molecule has 1 aliphatic carbocycles. The topological polar surface area (TPSA) is 134 Å². The Hall–Kier alpha value is -3.68. The van der Waals surface area contributed by atoms with E-state index in [0.29, 0.717) is 12.0 Å². The number of rotatable bonds is 1. The number of nitrogens with two attached hydrogens (primary N) is 1. The second-order valence-electron chi connectivity index (χ2n) is 7.54. The molecule has 32 heavy (non-hydrogen) atoms. The summed E-state index contributed by atoms with van der Waals surface area (Å²) in [5, 5.41) is 33.3. The maximum atomic E-state index is 10.2. The van der Waals surface area contributed by atoms with Gasteiger partial charge in [0.15, 0.2) is 5.79 Å². The highest BCUT2D eigenvalue weighted by molar-refractivity contribution is 6.08. The number of primary amides is 1. The van der Waals surface area contributed by atoms with E-state index >= 15 is 0 Å². The van der Waals surface area contributed by atoms with Crippen LogP contribution in [0.5, 0.6) is 0 Å². The van der Waals surface area contributed by atoms with E-state index in [1.807, 2.05) is 24.3 Å². The minimum atomic E-state index is -1.67. The minimum absolute atomic E-state index is 0.0231. The summed E-state index contributed by atoms with van der Waals surface area (Å²) in [4.78, 5) is 19.2. The number of carboxylic acid groups (broad SMARTS) is 1. The van der Waals surface area contributed by atoms with Gasteiger partial charge in [0.2, 0.25) is 11.7 Å². The number of aryl methyl sites for hydroxylation is 1. The summed E-state index contributed by atoms with van der Waals surface area (Å²) in [7, 11) is 0. The van der Waals surface area contributed by atoms with Gasteiger partial charge in [-0.1, -0.05) is 48.5 Å². The van der Waals surface area contributed by atoms with Crippen LogP contribution in [0.4, 0.5) is 0 Å². The SMILES string of the molecule is CC(N)=O.O=C(O)c1ccco1.OC1(O)CCCc2c1ccc1c2ccc2ccccc21. The van der Waals surface area contributed by atoms with Crippen molar-refractivity contribution >= 4 is 33.4 Å². The van der Waals surface area contributed by atoms with E-state index < -0.39 is 11.8 Å². The zero-order valence-corrected chi connectivity index (χ0v) is 17.6. The van der Waals surface area contributed by atoms with Crippen LogP contribution in [0.1, 0.15) is 41.4 Å². The molecule has 1 heterocycles. The lowest BCUT2D eigenvalue weighted by Crippen LogP contribution is -2.30. The third-order valence-electron chi connectivity index (χ3n) is 5.15. The average Bonchev–Trinajstić information content (AvgIpc) is 3.29. The van der Waals surface area contributed by atoms with Gasteiger partial charge in [-0.3, -0.25) is 4.79 Å². The van der Waals surface area contributed by atoms with Crippen LogP contribution in [-0.4, -0.2) is 27.2 Å². The van der Waals surface area contributed by atoms with Crippen molar-refractivity contribution in [1.29, 1.82) is 0 Å². The molecule has 0 fully saturated rings. The minimum Gasteiger partial charge on any atom is -0.475 e. The third-order valence-corrected chi connectivity index (χ3v) is 5.15. The largest absolute Gasteiger partial charge is 0.475 e. The molecule has 0 radical (unpaired) electrons. The van der Waals surface area contributed by atoms with Crippen LogP contribution in [0.15, 0.2) is 71.3 Å². The normalized spacial score (nSPS) is 13.8. The van der Waals surface area contributed by atoms with E-state index in [4.69, 9.17) is 5.11 Å². The van der Waals surface area contributed by atoms with Gasteiger partial charge in [0.1, 0.15) is 0 Å². The number of benzene rings is 3. The number of hydrogen-bond donors (Lipinski definition) is 4. The van der Waals surface area contributed by atoms with Gasteiger partial charge in [-0.2, -0.15) is 0 Å². The molecule has 166 valence electrons. The van der Waals surface area contributed by atoms with Gasteiger partial charge in [-0.15, -0.1) is 0 Å². The van der Waals surface area contributed by atoms with Crippen molar-refractivity contribution in [2.75, 3.05) is 0 Å². The number of carbonyl (C=O) groups excluding carboxylic acids is 1. The van der Waals surface area contributed by atoms with Crippen LogP contribution < -0.4 is 5.73 Å². The maximum absolute atomic E-state index is 10.2. The van der Waals surface area contributed by atoms with Gasteiger partial charge in [0.05, 0.1) is 6.26 Å². The first kappa shape index (κ1) is 23.0. The number of aromatic carboxylic acids is 1. The monoisotopic (exact) mass is 435 g/mol. The quantitative estimate of drug-likeness (QED) is 0.264. The van der Waals surface area contributed by atoms with Crippen LogP contribution >= 0.6 is 0 Å². The Balaban J connectivity index is 0.000000200. The Morgan fingerprint density at radius 3 is 2.25 bits per heavy atom. The van der Waals surface area contributed by atoms with Crippen LogP contribution in [0.2, 0.25) is 0 Å². The molecule has 0 aliphatic heterocycles.